The zero-order valence-electron chi connectivity index (χ0n) is 7.41. The van der Waals surface area contributed by atoms with Gasteiger partial charge in [-0.25, -0.2) is 0 Å². The van der Waals surface area contributed by atoms with Crippen LogP contribution < -0.4 is 4.74 Å². The molecule has 0 aromatic carbocycles. The van der Waals surface area contributed by atoms with Crippen molar-refractivity contribution in [2.45, 2.75) is 25.2 Å². The molecule has 0 bridgehead atoms. The van der Waals surface area contributed by atoms with Gasteiger partial charge in [0.05, 0.1) is 12.4 Å². The summed E-state index contributed by atoms with van der Waals surface area (Å²) in [6, 6.07) is 0.891. The second kappa shape index (κ2) is 3.89. The molecule has 0 saturated heterocycles. The predicted molar refractivity (Wildman–Crippen MR) is 49.6 cm³/mol. The van der Waals surface area contributed by atoms with E-state index in [1.54, 1.807) is 7.11 Å². The quantitative estimate of drug-likeness (QED) is 0.748. The maximum atomic E-state index is 5.06. The van der Waals surface area contributed by atoms with Gasteiger partial charge in [-0.3, -0.25) is 4.57 Å². The summed E-state index contributed by atoms with van der Waals surface area (Å²) in [4.78, 5) is 0. The van der Waals surface area contributed by atoms with Gasteiger partial charge >= 0.3 is 6.01 Å². The van der Waals surface area contributed by atoms with Crippen molar-refractivity contribution in [1.29, 1.82) is 0 Å². The van der Waals surface area contributed by atoms with Crippen LogP contribution in [0.2, 0.25) is 0 Å². The molecule has 0 unspecified atom stereocenters. The summed E-state index contributed by atoms with van der Waals surface area (Å²) in [5.74, 6) is 0.891. The van der Waals surface area contributed by atoms with E-state index in [2.05, 4.69) is 40.0 Å². The number of hydrogen-bond donors (Lipinski definition) is 0. The van der Waals surface area contributed by atoms with Crippen LogP contribution in [0.15, 0.2) is 0 Å². The van der Waals surface area contributed by atoms with Crippen molar-refractivity contribution in [2.75, 3.05) is 7.11 Å². The standard InChI is InChI=1S/C7H12BrN3O/c1-5(2)11-6(4-8)9-10-7(11)12-3/h5H,4H2,1-3H3. The number of nitrogens with zero attached hydrogens (tertiary/aromatic N) is 3. The number of alkyl halides is 1. The third-order valence-corrected chi connectivity index (χ3v) is 2.06. The van der Waals surface area contributed by atoms with Crippen LogP contribution in [0.3, 0.4) is 0 Å². The fourth-order valence-corrected chi connectivity index (χ4v) is 1.44. The van der Waals surface area contributed by atoms with Gasteiger partial charge in [0, 0.05) is 6.04 Å². The van der Waals surface area contributed by atoms with Gasteiger partial charge in [0.25, 0.3) is 0 Å². The summed E-state index contributed by atoms with van der Waals surface area (Å²) in [6.45, 7) is 4.14. The summed E-state index contributed by atoms with van der Waals surface area (Å²) < 4.78 is 7.01. The molecule has 5 heteroatoms. The Balaban J connectivity index is 3.07. The third-order valence-electron chi connectivity index (χ3n) is 1.55. The lowest BCUT2D eigenvalue weighted by atomic mass is 10.4. The van der Waals surface area contributed by atoms with E-state index in [1.807, 2.05) is 4.57 Å². The molecule has 0 radical (unpaired) electrons. The van der Waals surface area contributed by atoms with Crippen LogP contribution in [-0.2, 0) is 5.33 Å². The summed E-state index contributed by atoms with van der Waals surface area (Å²) in [7, 11) is 1.60. The van der Waals surface area contributed by atoms with Gasteiger partial charge in [-0.2, -0.15) is 0 Å². The number of ether oxygens (including phenoxy) is 1. The van der Waals surface area contributed by atoms with Crippen LogP contribution in [0.5, 0.6) is 6.01 Å². The number of rotatable bonds is 3. The largest absolute Gasteiger partial charge is 0.467 e. The van der Waals surface area contributed by atoms with E-state index in [9.17, 15) is 0 Å². The van der Waals surface area contributed by atoms with Crippen LogP contribution in [-0.4, -0.2) is 21.9 Å². The average molecular weight is 234 g/mol. The van der Waals surface area contributed by atoms with Crippen LogP contribution >= 0.6 is 15.9 Å². The van der Waals surface area contributed by atoms with Gasteiger partial charge in [-0.1, -0.05) is 21.0 Å². The number of halogens is 1. The first-order chi connectivity index (χ1) is 5.70. The fourth-order valence-electron chi connectivity index (χ4n) is 1.06. The molecule has 0 aliphatic rings. The predicted octanol–water partition coefficient (Wildman–Crippen LogP) is 1.76. The first-order valence-electron chi connectivity index (χ1n) is 3.74. The van der Waals surface area contributed by atoms with Crippen molar-refractivity contribution in [1.82, 2.24) is 14.8 Å². The molecule has 1 rings (SSSR count). The van der Waals surface area contributed by atoms with Crippen molar-refractivity contribution in [3.63, 3.8) is 0 Å². The van der Waals surface area contributed by atoms with E-state index < -0.39 is 0 Å². The molecule has 0 spiro atoms. The molecule has 0 N–H and O–H groups in total. The summed E-state index contributed by atoms with van der Waals surface area (Å²) in [5, 5.41) is 8.55. The smallest absolute Gasteiger partial charge is 0.316 e. The molecule has 1 aromatic rings. The van der Waals surface area contributed by atoms with Crippen LogP contribution in [0.4, 0.5) is 0 Å². The molecular weight excluding hydrogens is 222 g/mol. The Hall–Kier alpha value is -0.580. The molecule has 0 atom stereocenters. The zero-order chi connectivity index (χ0) is 9.14. The number of aromatic nitrogens is 3. The molecule has 0 amide bonds. The normalized spacial score (nSPS) is 10.8. The highest BCUT2D eigenvalue weighted by atomic mass is 79.9. The maximum Gasteiger partial charge on any atom is 0.316 e. The van der Waals surface area contributed by atoms with Crippen molar-refractivity contribution in [3.05, 3.63) is 5.82 Å². The second-order valence-electron chi connectivity index (χ2n) is 2.70. The van der Waals surface area contributed by atoms with E-state index in [0.29, 0.717) is 17.4 Å². The topological polar surface area (TPSA) is 39.9 Å². The molecule has 0 aliphatic carbocycles. The molecule has 68 valence electrons. The average Bonchev–Trinajstić information content (AvgIpc) is 2.46. The highest BCUT2D eigenvalue weighted by Crippen LogP contribution is 2.18. The van der Waals surface area contributed by atoms with Gasteiger partial charge in [0.15, 0.2) is 0 Å². The Morgan fingerprint density at radius 2 is 2.17 bits per heavy atom. The molecule has 4 nitrogen and oxygen atoms in total. The van der Waals surface area contributed by atoms with E-state index in [0.717, 1.165) is 5.82 Å². The number of hydrogen-bond acceptors (Lipinski definition) is 3. The molecule has 12 heavy (non-hydrogen) atoms. The van der Waals surface area contributed by atoms with Gasteiger partial charge in [0.2, 0.25) is 0 Å². The van der Waals surface area contributed by atoms with Gasteiger partial charge < -0.3 is 4.74 Å². The minimum Gasteiger partial charge on any atom is -0.467 e. The Bertz CT molecular complexity index is 238. The van der Waals surface area contributed by atoms with Gasteiger partial charge in [-0.05, 0) is 13.8 Å². The monoisotopic (exact) mass is 233 g/mol. The van der Waals surface area contributed by atoms with Crippen LogP contribution in [0.1, 0.15) is 25.7 Å². The molecule has 0 aliphatic heterocycles. The third kappa shape index (κ3) is 1.60. The Labute approximate surface area is 80.1 Å². The lowest BCUT2D eigenvalue weighted by molar-refractivity contribution is 0.343. The van der Waals surface area contributed by atoms with Crippen LogP contribution in [0.25, 0.3) is 0 Å². The van der Waals surface area contributed by atoms with Crippen molar-refractivity contribution >= 4 is 15.9 Å². The van der Waals surface area contributed by atoms with Gasteiger partial charge in [-0.15, -0.1) is 5.10 Å². The van der Waals surface area contributed by atoms with E-state index in [1.165, 1.54) is 0 Å². The Morgan fingerprint density at radius 1 is 1.50 bits per heavy atom. The van der Waals surface area contributed by atoms with Crippen molar-refractivity contribution in [2.24, 2.45) is 0 Å². The fraction of sp³-hybridized carbons (Fsp3) is 0.714. The Morgan fingerprint density at radius 3 is 2.58 bits per heavy atom. The van der Waals surface area contributed by atoms with E-state index in [4.69, 9.17) is 4.74 Å². The lowest BCUT2D eigenvalue weighted by Gasteiger charge is -2.10. The first kappa shape index (κ1) is 9.51. The molecule has 1 aromatic heterocycles. The van der Waals surface area contributed by atoms with E-state index in [-0.39, 0.29) is 0 Å². The summed E-state index contributed by atoms with van der Waals surface area (Å²) >= 11 is 3.34. The molecule has 0 saturated carbocycles. The lowest BCUT2D eigenvalue weighted by Crippen LogP contribution is -2.06. The summed E-state index contributed by atoms with van der Waals surface area (Å²) in [5.41, 5.74) is 0. The highest BCUT2D eigenvalue weighted by Gasteiger charge is 2.13. The number of methoxy groups -OCH3 is 1. The van der Waals surface area contributed by atoms with Gasteiger partial charge in [0.1, 0.15) is 5.82 Å². The summed E-state index contributed by atoms with van der Waals surface area (Å²) in [6.07, 6.45) is 0. The maximum absolute atomic E-state index is 5.06. The SMILES string of the molecule is COc1nnc(CBr)n1C(C)C. The zero-order valence-corrected chi connectivity index (χ0v) is 9.00. The van der Waals surface area contributed by atoms with Crippen LogP contribution in [0, 0.1) is 0 Å². The second-order valence-corrected chi connectivity index (χ2v) is 3.26. The first-order valence-corrected chi connectivity index (χ1v) is 4.86. The van der Waals surface area contributed by atoms with Crippen molar-refractivity contribution < 1.29 is 4.74 Å². The van der Waals surface area contributed by atoms with Crippen molar-refractivity contribution in [3.8, 4) is 6.01 Å². The molecule has 0 fully saturated rings. The minimum absolute atomic E-state index is 0.322. The Kier molecular flexibility index (Phi) is 3.08. The molecule has 1 heterocycles. The van der Waals surface area contributed by atoms with E-state index >= 15 is 0 Å². The molecular formula is C7H12BrN3O. The highest BCUT2D eigenvalue weighted by molar-refractivity contribution is 9.08. The minimum atomic E-state index is 0.322.